The third-order valence-corrected chi connectivity index (χ3v) is 2.75. The van der Waals surface area contributed by atoms with Crippen LogP contribution in [0.25, 0.3) is 22.6 Å². The number of fused-ring (bicyclic) bond motifs is 1. The Labute approximate surface area is 104 Å². The third kappa shape index (κ3) is 1.64. The van der Waals surface area contributed by atoms with Crippen molar-refractivity contribution in [3.05, 3.63) is 47.8 Å². The predicted octanol–water partition coefficient (Wildman–Crippen LogP) is 3.18. The first-order valence-electron chi connectivity index (χ1n) is 5.56. The molecule has 0 saturated heterocycles. The van der Waals surface area contributed by atoms with Crippen molar-refractivity contribution in [1.82, 2.24) is 9.97 Å². The molecule has 0 amide bonds. The summed E-state index contributed by atoms with van der Waals surface area (Å²) in [5.41, 5.74) is 4.22. The van der Waals surface area contributed by atoms with Gasteiger partial charge in [0.25, 0.3) is 0 Å². The maximum absolute atomic E-state index is 5.72. The van der Waals surface area contributed by atoms with Crippen molar-refractivity contribution in [2.45, 2.75) is 6.92 Å². The van der Waals surface area contributed by atoms with Gasteiger partial charge in [-0.15, -0.1) is 6.42 Å². The first kappa shape index (κ1) is 10.5. The second-order valence-electron chi connectivity index (χ2n) is 4.06. The van der Waals surface area contributed by atoms with Crippen molar-refractivity contribution in [3.8, 4) is 23.8 Å². The Morgan fingerprint density at radius 3 is 3.00 bits per heavy atom. The average molecular weight is 234 g/mol. The number of aromatic nitrogens is 2. The smallest absolute Gasteiger partial charge is 0.228 e. The summed E-state index contributed by atoms with van der Waals surface area (Å²) in [5.74, 6) is 3.12. The van der Waals surface area contributed by atoms with Gasteiger partial charge < -0.3 is 4.42 Å². The minimum atomic E-state index is 0.533. The van der Waals surface area contributed by atoms with E-state index in [-0.39, 0.29) is 0 Å². The fourth-order valence-electron chi connectivity index (χ4n) is 1.85. The number of benzene rings is 1. The number of aryl methyl sites for hydroxylation is 1. The van der Waals surface area contributed by atoms with Crippen molar-refractivity contribution < 1.29 is 4.42 Å². The van der Waals surface area contributed by atoms with Gasteiger partial charge in [0.1, 0.15) is 5.52 Å². The normalized spacial score (nSPS) is 10.4. The Morgan fingerprint density at radius 2 is 2.17 bits per heavy atom. The molecule has 1 aromatic carbocycles. The van der Waals surface area contributed by atoms with Crippen molar-refractivity contribution in [1.29, 1.82) is 0 Å². The second-order valence-corrected chi connectivity index (χ2v) is 4.06. The van der Waals surface area contributed by atoms with Gasteiger partial charge in [-0.3, -0.25) is 4.98 Å². The van der Waals surface area contributed by atoms with E-state index in [9.17, 15) is 0 Å². The van der Waals surface area contributed by atoms with Gasteiger partial charge in [0, 0.05) is 12.4 Å². The number of hydrogen-bond acceptors (Lipinski definition) is 3. The molecule has 2 aromatic heterocycles. The van der Waals surface area contributed by atoms with E-state index in [2.05, 4.69) is 15.9 Å². The van der Waals surface area contributed by atoms with Crippen LogP contribution in [0.4, 0.5) is 0 Å². The first-order chi connectivity index (χ1) is 8.78. The molecule has 0 atom stereocenters. The zero-order valence-corrected chi connectivity index (χ0v) is 9.84. The van der Waals surface area contributed by atoms with E-state index in [1.807, 2.05) is 31.2 Å². The zero-order valence-electron chi connectivity index (χ0n) is 9.84. The maximum atomic E-state index is 5.72. The molecular formula is C15H10N2O. The van der Waals surface area contributed by atoms with Gasteiger partial charge in [-0.05, 0) is 30.7 Å². The summed E-state index contributed by atoms with van der Waals surface area (Å²) in [6.07, 6.45) is 8.76. The number of hydrogen-bond donors (Lipinski definition) is 0. The van der Waals surface area contributed by atoms with E-state index in [4.69, 9.17) is 10.8 Å². The Bertz CT molecular complexity index is 766. The van der Waals surface area contributed by atoms with Gasteiger partial charge in [0.15, 0.2) is 5.58 Å². The van der Waals surface area contributed by atoms with Crippen molar-refractivity contribution in [2.75, 3.05) is 0 Å². The number of oxazole rings is 1. The summed E-state index contributed by atoms with van der Waals surface area (Å²) >= 11 is 0. The molecule has 0 saturated carbocycles. The molecule has 86 valence electrons. The molecule has 0 aliphatic carbocycles. The summed E-state index contributed by atoms with van der Waals surface area (Å²) in [7, 11) is 0. The van der Waals surface area contributed by atoms with Crippen LogP contribution in [0.1, 0.15) is 11.1 Å². The monoisotopic (exact) mass is 234 g/mol. The highest BCUT2D eigenvalue weighted by Crippen LogP contribution is 2.26. The van der Waals surface area contributed by atoms with Crippen molar-refractivity contribution in [2.24, 2.45) is 0 Å². The molecule has 3 rings (SSSR count). The van der Waals surface area contributed by atoms with Crippen LogP contribution in [-0.4, -0.2) is 9.97 Å². The summed E-state index contributed by atoms with van der Waals surface area (Å²) in [5, 5.41) is 0. The Balaban J connectivity index is 2.23. The van der Waals surface area contributed by atoms with E-state index < -0.39 is 0 Å². The summed E-state index contributed by atoms with van der Waals surface area (Å²) in [6.45, 7) is 2.02. The SMILES string of the molecule is C#Cc1cnccc1-c1nc2cc(C)ccc2o1. The fraction of sp³-hybridized carbons (Fsp3) is 0.0667. The van der Waals surface area contributed by atoms with Crippen LogP contribution in [-0.2, 0) is 0 Å². The Hall–Kier alpha value is -2.60. The minimum Gasteiger partial charge on any atom is -0.436 e. The molecule has 0 aliphatic rings. The number of pyridine rings is 1. The van der Waals surface area contributed by atoms with Gasteiger partial charge in [-0.2, -0.15) is 0 Å². The first-order valence-corrected chi connectivity index (χ1v) is 5.56. The molecule has 2 heterocycles. The van der Waals surface area contributed by atoms with E-state index in [0.29, 0.717) is 11.5 Å². The topological polar surface area (TPSA) is 38.9 Å². The second kappa shape index (κ2) is 4.01. The standard InChI is InChI=1S/C15H10N2O/c1-3-11-9-16-7-6-12(11)15-17-13-8-10(2)4-5-14(13)18-15/h1,4-9H,2H3. The number of nitrogens with zero attached hydrogens (tertiary/aromatic N) is 2. The lowest BCUT2D eigenvalue weighted by molar-refractivity contribution is 0.619. The molecule has 18 heavy (non-hydrogen) atoms. The van der Waals surface area contributed by atoms with Gasteiger partial charge >= 0.3 is 0 Å². The Kier molecular flexibility index (Phi) is 2.35. The fourth-order valence-corrected chi connectivity index (χ4v) is 1.85. The number of terminal acetylenes is 1. The van der Waals surface area contributed by atoms with E-state index in [1.165, 1.54) is 0 Å². The third-order valence-electron chi connectivity index (χ3n) is 2.75. The highest BCUT2D eigenvalue weighted by atomic mass is 16.3. The van der Waals surface area contributed by atoms with Gasteiger partial charge in [-0.1, -0.05) is 12.0 Å². The molecule has 0 fully saturated rings. The van der Waals surface area contributed by atoms with Crippen LogP contribution in [0.2, 0.25) is 0 Å². The summed E-state index contributed by atoms with van der Waals surface area (Å²) < 4.78 is 5.72. The van der Waals surface area contributed by atoms with E-state index in [0.717, 1.165) is 22.2 Å². The molecule has 0 spiro atoms. The molecule has 0 bridgehead atoms. The molecule has 3 heteroatoms. The van der Waals surface area contributed by atoms with Gasteiger partial charge in [0.2, 0.25) is 5.89 Å². The molecule has 0 unspecified atom stereocenters. The highest BCUT2D eigenvalue weighted by Gasteiger charge is 2.11. The minimum absolute atomic E-state index is 0.533. The zero-order chi connectivity index (χ0) is 12.5. The predicted molar refractivity (Wildman–Crippen MR) is 69.9 cm³/mol. The van der Waals surface area contributed by atoms with Crippen LogP contribution in [0.3, 0.4) is 0 Å². The number of rotatable bonds is 1. The molecular weight excluding hydrogens is 224 g/mol. The molecule has 3 nitrogen and oxygen atoms in total. The van der Waals surface area contributed by atoms with E-state index in [1.54, 1.807) is 12.4 Å². The van der Waals surface area contributed by atoms with Crippen LogP contribution < -0.4 is 0 Å². The molecule has 0 radical (unpaired) electrons. The van der Waals surface area contributed by atoms with Gasteiger partial charge in [-0.25, -0.2) is 4.98 Å². The highest BCUT2D eigenvalue weighted by molar-refractivity contribution is 5.78. The summed E-state index contributed by atoms with van der Waals surface area (Å²) in [6, 6.07) is 7.70. The lowest BCUT2D eigenvalue weighted by atomic mass is 10.1. The molecule has 0 N–H and O–H groups in total. The van der Waals surface area contributed by atoms with Crippen LogP contribution in [0, 0.1) is 19.3 Å². The van der Waals surface area contributed by atoms with Gasteiger partial charge in [0.05, 0.1) is 11.1 Å². The largest absolute Gasteiger partial charge is 0.436 e. The molecule has 3 aromatic rings. The Morgan fingerprint density at radius 1 is 1.28 bits per heavy atom. The maximum Gasteiger partial charge on any atom is 0.228 e. The van der Waals surface area contributed by atoms with Crippen LogP contribution >= 0.6 is 0 Å². The van der Waals surface area contributed by atoms with E-state index >= 15 is 0 Å². The lowest BCUT2D eigenvalue weighted by Crippen LogP contribution is -1.85. The average Bonchev–Trinajstić information content (AvgIpc) is 2.81. The van der Waals surface area contributed by atoms with Crippen LogP contribution in [0.15, 0.2) is 41.1 Å². The van der Waals surface area contributed by atoms with Crippen molar-refractivity contribution >= 4 is 11.1 Å². The summed E-state index contributed by atoms with van der Waals surface area (Å²) in [4.78, 5) is 8.46. The van der Waals surface area contributed by atoms with Crippen LogP contribution in [0.5, 0.6) is 0 Å². The lowest BCUT2D eigenvalue weighted by Gasteiger charge is -1.97. The quantitative estimate of drug-likeness (QED) is 0.607. The van der Waals surface area contributed by atoms with Crippen molar-refractivity contribution in [3.63, 3.8) is 0 Å². The molecule has 0 aliphatic heterocycles.